The molecule has 2 fully saturated rings. The predicted molar refractivity (Wildman–Crippen MR) is 67.8 cm³/mol. The molecule has 2 unspecified atom stereocenters. The molecule has 2 heterocycles. The van der Waals surface area contributed by atoms with Crippen molar-refractivity contribution in [2.75, 3.05) is 13.1 Å². The van der Waals surface area contributed by atoms with Crippen molar-refractivity contribution in [3.8, 4) is 0 Å². The number of furan rings is 1. The van der Waals surface area contributed by atoms with E-state index in [1.165, 1.54) is 0 Å². The van der Waals surface area contributed by atoms with E-state index >= 15 is 0 Å². The molecule has 1 aromatic heterocycles. The lowest BCUT2D eigenvalue weighted by Gasteiger charge is -2.26. The fourth-order valence-corrected chi connectivity index (χ4v) is 2.70. The molecule has 2 aliphatic rings. The van der Waals surface area contributed by atoms with Crippen LogP contribution >= 0.6 is 0 Å². The summed E-state index contributed by atoms with van der Waals surface area (Å²) in [6.45, 7) is 4.55. The quantitative estimate of drug-likeness (QED) is 0.880. The average Bonchev–Trinajstić information content (AvgIpc) is 2.89. The summed E-state index contributed by atoms with van der Waals surface area (Å²) in [7, 11) is 0. The Kier molecular flexibility index (Phi) is 3.12. The van der Waals surface area contributed by atoms with Crippen LogP contribution in [0.1, 0.15) is 25.5 Å². The standard InChI is InChI=1S/C14H20N2O2/c1-10-7-15-8-13(10)14(17)16(11-4-5-11)9-12-3-2-6-18-12/h2-3,6,10-11,13,15H,4-5,7-9H2,1H3. The fraction of sp³-hybridized carbons (Fsp3) is 0.643. The van der Waals surface area contributed by atoms with E-state index in [1.54, 1.807) is 6.26 Å². The molecule has 0 radical (unpaired) electrons. The summed E-state index contributed by atoms with van der Waals surface area (Å²) in [6.07, 6.45) is 3.95. The minimum atomic E-state index is 0.139. The van der Waals surface area contributed by atoms with Crippen molar-refractivity contribution >= 4 is 5.91 Å². The molecule has 1 aliphatic carbocycles. The van der Waals surface area contributed by atoms with Crippen LogP contribution in [0, 0.1) is 11.8 Å². The maximum atomic E-state index is 12.6. The number of hydrogen-bond donors (Lipinski definition) is 1. The van der Waals surface area contributed by atoms with Gasteiger partial charge in [0.05, 0.1) is 18.7 Å². The number of nitrogens with one attached hydrogen (secondary N) is 1. The highest BCUT2D eigenvalue weighted by atomic mass is 16.3. The summed E-state index contributed by atoms with van der Waals surface area (Å²) >= 11 is 0. The summed E-state index contributed by atoms with van der Waals surface area (Å²) in [5, 5.41) is 3.31. The van der Waals surface area contributed by atoms with Gasteiger partial charge in [-0.1, -0.05) is 6.92 Å². The van der Waals surface area contributed by atoms with Crippen LogP contribution in [0.2, 0.25) is 0 Å². The van der Waals surface area contributed by atoms with Crippen LogP contribution in [0.4, 0.5) is 0 Å². The van der Waals surface area contributed by atoms with E-state index in [-0.39, 0.29) is 5.92 Å². The van der Waals surface area contributed by atoms with Gasteiger partial charge < -0.3 is 14.6 Å². The molecule has 0 spiro atoms. The SMILES string of the molecule is CC1CNCC1C(=O)N(Cc1ccco1)C1CC1. The lowest BCUT2D eigenvalue weighted by atomic mass is 9.96. The van der Waals surface area contributed by atoms with Gasteiger partial charge in [0.2, 0.25) is 5.91 Å². The van der Waals surface area contributed by atoms with E-state index in [4.69, 9.17) is 4.42 Å². The largest absolute Gasteiger partial charge is 0.467 e. The number of hydrogen-bond acceptors (Lipinski definition) is 3. The van der Waals surface area contributed by atoms with Gasteiger partial charge in [-0.25, -0.2) is 0 Å². The molecule has 4 nitrogen and oxygen atoms in total. The summed E-state index contributed by atoms with van der Waals surface area (Å²) in [5.74, 6) is 1.76. The van der Waals surface area contributed by atoms with Gasteiger partial charge in [0.15, 0.2) is 0 Å². The second-order valence-electron chi connectivity index (χ2n) is 5.52. The van der Waals surface area contributed by atoms with Crippen molar-refractivity contribution in [2.24, 2.45) is 11.8 Å². The van der Waals surface area contributed by atoms with E-state index in [0.717, 1.165) is 31.7 Å². The van der Waals surface area contributed by atoms with E-state index < -0.39 is 0 Å². The maximum absolute atomic E-state index is 12.6. The summed E-state index contributed by atoms with van der Waals surface area (Å²) in [4.78, 5) is 14.6. The smallest absolute Gasteiger partial charge is 0.227 e. The maximum Gasteiger partial charge on any atom is 0.227 e. The Bertz CT molecular complexity index is 411. The van der Waals surface area contributed by atoms with Gasteiger partial charge >= 0.3 is 0 Å². The molecule has 1 aromatic rings. The number of carbonyl (C=O) groups is 1. The van der Waals surface area contributed by atoms with Crippen LogP contribution < -0.4 is 5.32 Å². The summed E-state index contributed by atoms with van der Waals surface area (Å²) in [5.41, 5.74) is 0. The minimum absolute atomic E-state index is 0.139. The zero-order chi connectivity index (χ0) is 12.5. The molecule has 98 valence electrons. The van der Waals surface area contributed by atoms with E-state index in [1.807, 2.05) is 17.0 Å². The Hall–Kier alpha value is -1.29. The number of nitrogens with zero attached hydrogens (tertiary/aromatic N) is 1. The monoisotopic (exact) mass is 248 g/mol. The third kappa shape index (κ3) is 2.29. The fourth-order valence-electron chi connectivity index (χ4n) is 2.70. The molecule has 4 heteroatoms. The van der Waals surface area contributed by atoms with Crippen molar-refractivity contribution in [3.05, 3.63) is 24.2 Å². The number of amides is 1. The molecule has 0 bridgehead atoms. The normalized spacial score (nSPS) is 27.4. The molecule has 18 heavy (non-hydrogen) atoms. The van der Waals surface area contributed by atoms with Gasteiger partial charge in [-0.3, -0.25) is 4.79 Å². The minimum Gasteiger partial charge on any atom is -0.467 e. The van der Waals surface area contributed by atoms with E-state index in [9.17, 15) is 4.79 Å². The first kappa shape index (κ1) is 11.8. The molecule has 1 saturated heterocycles. The van der Waals surface area contributed by atoms with Crippen LogP contribution in [-0.2, 0) is 11.3 Å². The molecule has 3 rings (SSSR count). The molecule has 1 amide bonds. The lowest BCUT2D eigenvalue weighted by molar-refractivity contribution is -0.137. The Balaban J connectivity index is 1.71. The highest BCUT2D eigenvalue weighted by Gasteiger charge is 2.39. The van der Waals surface area contributed by atoms with Gasteiger partial charge in [-0.2, -0.15) is 0 Å². The second kappa shape index (κ2) is 4.76. The van der Waals surface area contributed by atoms with Gasteiger partial charge in [-0.05, 0) is 37.4 Å². The molecular formula is C14H20N2O2. The topological polar surface area (TPSA) is 45.5 Å². The first-order valence-electron chi connectivity index (χ1n) is 6.79. The summed E-state index contributed by atoms with van der Waals surface area (Å²) in [6, 6.07) is 4.26. The Morgan fingerprint density at radius 3 is 2.89 bits per heavy atom. The summed E-state index contributed by atoms with van der Waals surface area (Å²) < 4.78 is 5.37. The zero-order valence-electron chi connectivity index (χ0n) is 10.8. The van der Waals surface area contributed by atoms with Crippen molar-refractivity contribution < 1.29 is 9.21 Å². The molecule has 1 N–H and O–H groups in total. The van der Waals surface area contributed by atoms with Gasteiger partial charge in [-0.15, -0.1) is 0 Å². The van der Waals surface area contributed by atoms with Crippen LogP contribution in [0.3, 0.4) is 0 Å². The van der Waals surface area contributed by atoms with Gasteiger partial charge in [0.25, 0.3) is 0 Å². The molecule has 1 aliphatic heterocycles. The second-order valence-corrected chi connectivity index (χ2v) is 5.52. The van der Waals surface area contributed by atoms with Crippen molar-refractivity contribution in [2.45, 2.75) is 32.4 Å². The highest BCUT2D eigenvalue weighted by molar-refractivity contribution is 5.80. The first-order chi connectivity index (χ1) is 8.75. The third-order valence-electron chi connectivity index (χ3n) is 4.01. The Labute approximate surface area is 107 Å². The number of rotatable bonds is 4. The molecular weight excluding hydrogens is 228 g/mol. The molecule has 2 atom stereocenters. The average molecular weight is 248 g/mol. The van der Waals surface area contributed by atoms with E-state index in [2.05, 4.69) is 12.2 Å². The third-order valence-corrected chi connectivity index (χ3v) is 4.01. The van der Waals surface area contributed by atoms with Crippen LogP contribution in [0.5, 0.6) is 0 Å². The van der Waals surface area contributed by atoms with Gasteiger partial charge in [0.1, 0.15) is 5.76 Å². The van der Waals surface area contributed by atoms with Gasteiger partial charge in [0, 0.05) is 12.6 Å². The van der Waals surface area contributed by atoms with Crippen molar-refractivity contribution in [1.29, 1.82) is 0 Å². The van der Waals surface area contributed by atoms with Crippen LogP contribution in [0.25, 0.3) is 0 Å². The lowest BCUT2D eigenvalue weighted by Crippen LogP contribution is -2.39. The predicted octanol–water partition coefficient (Wildman–Crippen LogP) is 1.63. The Morgan fingerprint density at radius 2 is 2.33 bits per heavy atom. The zero-order valence-corrected chi connectivity index (χ0v) is 10.8. The van der Waals surface area contributed by atoms with Crippen molar-refractivity contribution in [3.63, 3.8) is 0 Å². The molecule has 1 saturated carbocycles. The highest BCUT2D eigenvalue weighted by Crippen LogP contribution is 2.31. The van der Waals surface area contributed by atoms with Crippen LogP contribution in [0.15, 0.2) is 22.8 Å². The van der Waals surface area contributed by atoms with Crippen molar-refractivity contribution in [1.82, 2.24) is 10.2 Å². The first-order valence-corrected chi connectivity index (χ1v) is 6.79. The van der Waals surface area contributed by atoms with E-state index in [0.29, 0.717) is 24.4 Å². The number of carbonyl (C=O) groups excluding carboxylic acids is 1. The Morgan fingerprint density at radius 1 is 1.50 bits per heavy atom. The molecule has 0 aromatic carbocycles. The van der Waals surface area contributed by atoms with Crippen LogP contribution in [-0.4, -0.2) is 29.9 Å².